The molecule has 0 bridgehead atoms. The van der Waals surface area contributed by atoms with Gasteiger partial charge in [-0.2, -0.15) is 0 Å². The Bertz CT molecular complexity index is 428. The van der Waals surface area contributed by atoms with E-state index < -0.39 is 0 Å². The average Bonchev–Trinajstić information content (AvgIpc) is 3.02. The van der Waals surface area contributed by atoms with E-state index in [0.29, 0.717) is 6.10 Å². The second kappa shape index (κ2) is 5.19. The molecule has 0 amide bonds. The Kier molecular flexibility index (Phi) is 3.90. The van der Waals surface area contributed by atoms with Crippen LogP contribution in [0.25, 0.3) is 0 Å². The highest BCUT2D eigenvalue weighted by Crippen LogP contribution is 2.43. The first-order valence-corrected chi connectivity index (χ1v) is 7.32. The summed E-state index contributed by atoms with van der Waals surface area (Å²) in [5.41, 5.74) is -0.524. The zero-order valence-corrected chi connectivity index (χ0v) is 13.4. The number of para-hydroxylation sites is 1. The van der Waals surface area contributed by atoms with Gasteiger partial charge in [0, 0.05) is 0 Å². The summed E-state index contributed by atoms with van der Waals surface area (Å²) in [6.45, 7) is 12.2. The predicted molar refractivity (Wildman–Crippen MR) is 80.9 cm³/mol. The Balaban J connectivity index is 2.32. The van der Waals surface area contributed by atoms with Crippen molar-refractivity contribution in [2.24, 2.45) is 0 Å². The van der Waals surface area contributed by atoms with E-state index in [4.69, 9.17) is 14.2 Å². The monoisotopic (exact) mass is 278 g/mol. The van der Waals surface area contributed by atoms with E-state index in [1.807, 2.05) is 59.7 Å². The molecule has 1 aliphatic carbocycles. The average molecular weight is 278 g/mol. The molecular formula is C17H26O3. The molecule has 112 valence electrons. The summed E-state index contributed by atoms with van der Waals surface area (Å²) in [6.07, 6.45) is 2.53. The van der Waals surface area contributed by atoms with Crippen molar-refractivity contribution in [3.05, 3.63) is 18.2 Å². The Labute approximate surface area is 122 Å². The number of hydrogen-bond donors (Lipinski definition) is 0. The largest absolute Gasteiger partial charge is 0.484 e. The fourth-order valence-electron chi connectivity index (χ4n) is 1.78. The lowest BCUT2D eigenvalue weighted by Gasteiger charge is -2.27. The van der Waals surface area contributed by atoms with Crippen molar-refractivity contribution >= 4 is 0 Å². The summed E-state index contributed by atoms with van der Waals surface area (Å²) in [6, 6.07) is 5.83. The van der Waals surface area contributed by atoms with Crippen LogP contribution in [-0.2, 0) is 0 Å². The van der Waals surface area contributed by atoms with Gasteiger partial charge in [-0.1, -0.05) is 6.07 Å². The van der Waals surface area contributed by atoms with Crippen molar-refractivity contribution in [3.8, 4) is 17.2 Å². The van der Waals surface area contributed by atoms with Crippen LogP contribution in [0.2, 0.25) is 0 Å². The number of hydrogen-bond acceptors (Lipinski definition) is 3. The van der Waals surface area contributed by atoms with Crippen molar-refractivity contribution < 1.29 is 14.2 Å². The van der Waals surface area contributed by atoms with E-state index in [-0.39, 0.29) is 11.2 Å². The minimum Gasteiger partial charge on any atom is -0.484 e. The van der Waals surface area contributed by atoms with E-state index >= 15 is 0 Å². The summed E-state index contributed by atoms with van der Waals surface area (Å²) >= 11 is 0. The maximum Gasteiger partial charge on any atom is 0.203 e. The molecule has 0 aliphatic heterocycles. The van der Waals surface area contributed by atoms with Crippen LogP contribution in [0.3, 0.4) is 0 Å². The van der Waals surface area contributed by atoms with Crippen molar-refractivity contribution in [1.29, 1.82) is 0 Å². The van der Waals surface area contributed by atoms with Crippen LogP contribution in [-0.4, -0.2) is 17.3 Å². The quantitative estimate of drug-likeness (QED) is 0.806. The molecule has 1 aromatic rings. The summed E-state index contributed by atoms with van der Waals surface area (Å²) < 4.78 is 18.1. The van der Waals surface area contributed by atoms with Gasteiger partial charge in [0.15, 0.2) is 11.5 Å². The van der Waals surface area contributed by atoms with E-state index in [1.54, 1.807) is 0 Å². The van der Waals surface area contributed by atoms with Gasteiger partial charge in [-0.15, -0.1) is 0 Å². The molecule has 1 fully saturated rings. The van der Waals surface area contributed by atoms with E-state index in [9.17, 15) is 0 Å². The van der Waals surface area contributed by atoms with Crippen LogP contribution in [0, 0.1) is 0 Å². The van der Waals surface area contributed by atoms with Crippen LogP contribution >= 0.6 is 0 Å². The van der Waals surface area contributed by atoms with Gasteiger partial charge in [-0.05, 0) is 66.5 Å². The molecule has 1 aromatic carbocycles. The number of rotatable bonds is 4. The molecule has 1 saturated carbocycles. The third-order valence-electron chi connectivity index (χ3n) is 2.58. The van der Waals surface area contributed by atoms with E-state index in [2.05, 4.69) is 0 Å². The Hall–Kier alpha value is -1.38. The summed E-state index contributed by atoms with van der Waals surface area (Å²) in [7, 11) is 0. The molecule has 1 aliphatic rings. The van der Waals surface area contributed by atoms with E-state index in [0.717, 1.165) is 30.1 Å². The minimum absolute atomic E-state index is 0.262. The lowest BCUT2D eigenvalue weighted by Crippen LogP contribution is -2.25. The zero-order chi connectivity index (χ0) is 15.0. The van der Waals surface area contributed by atoms with Crippen LogP contribution < -0.4 is 14.2 Å². The van der Waals surface area contributed by atoms with Gasteiger partial charge in [0.2, 0.25) is 5.75 Å². The molecule has 0 N–H and O–H groups in total. The second-order valence-electron chi connectivity index (χ2n) is 7.33. The predicted octanol–water partition coefficient (Wildman–Crippen LogP) is 4.58. The molecule has 2 rings (SSSR count). The molecule has 0 atom stereocenters. The highest BCUT2D eigenvalue weighted by atomic mass is 16.6. The van der Waals surface area contributed by atoms with Gasteiger partial charge < -0.3 is 14.2 Å². The second-order valence-corrected chi connectivity index (χ2v) is 7.33. The molecular weight excluding hydrogens is 252 g/mol. The molecule has 0 heterocycles. The van der Waals surface area contributed by atoms with Gasteiger partial charge in [0.25, 0.3) is 0 Å². The Morgan fingerprint density at radius 2 is 1.30 bits per heavy atom. The first-order chi connectivity index (χ1) is 9.14. The van der Waals surface area contributed by atoms with Gasteiger partial charge in [0.1, 0.15) is 11.2 Å². The van der Waals surface area contributed by atoms with Crippen LogP contribution in [0.5, 0.6) is 17.2 Å². The first-order valence-electron chi connectivity index (χ1n) is 7.32. The van der Waals surface area contributed by atoms with Crippen LogP contribution in [0.4, 0.5) is 0 Å². The molecule has 20 heavy (non-hydrogen) atoms. The number of benzene rings is 1. The minimum atomic E-state index is -0.262. The van der Waals surface area contributed by atoms with Crippen molar-refractivity contribution in [2.75, 3.05) is 0 Å². The maximum absolute atomic E-state index is 6.03. The summed E-state index contributed by atoms with van der Waals surface area (Å²) in [5.74, 6) is 2.25. The highest BCUT2D eigenvalue weighted by Gasteiger charge is 2.29. The van der Waals surface area contributed by atoms with Crippen LogP contribution in [0.1, 0.15) is 54.4 Å². The summed E-state index contributed by atoms with van der Waals surface area (Å²) in [4.78, 5) is 0. The van der Waals surface area contributed by atoms with Crippen molar-refractivity contribution in [1.82, 2.24) is 0 Å². The third-order valence-corrected chi connectivity index (χ3v) is 2.58. The fraction of sp³-hybridized carbons (Fsp3) is 0.647. The fourth-order valence-corrected chi connectivity index (χ4v) is 1.78. The lowest BCUT2D eigenvalue weighted by molar-refractivity contribution is 0.107. The first kappa shape index (κ1) is 15.0. The highest BCUT2D eigenvalue weighted by molar-refractivity contribution is 5.52. The van der Waals surface area contributed by atoms with Gasteiger partial charge in [0.05, 0.1) is 6.10 Å². The van der Waals surface area contributed by atoms with Crippen LogP contribution in [0.15, 0.2) is 18.2 Å². The SMILES string of the molecule is CC(C)(C)Oc1cccc(OC(C)(C)C)c1OC1CC1. The smallest absolute Gasteiger partial charge is 0.203 e. The molecule has 0 saturated heterocycles. The zero-order valence-electron chi connectivity index (χ0n) is 13.4. The summed E-state index contributed by atoms with van der Waals surface area (Å²) in [5, 5.41) is 0. The molecule has 0 unspecified atom stereocenters. The van der Waals surface area contributed by atoms with Gasteiger partial charge in [-0.3, -0.25) is 0 Å². The van der Waals surface area contributed by atoms with Crippen molar-refractivity contribution in [3.63, 3.8) is 0 Å². The third kappa shape index (κ3) is 4.62. The normalized spacial score (nSPS) is 15.9. The van der Waals surface area contributed by atoms with Crippen molar-refractivity contribution in [2.45, 2.75) is 71.7 Å². The Morgan fingerprint density at radius 3 is 1.65 bits per heavy atom. The van der Waals surface area contributed by atoms with E-state index in [1.165, 1.54) is 0 Å². The molecule has 0 spiro atoms. The van der Waals surface area contributed by atoms with Gasteiger partial charge in [-0.25, -0.2) is 0 Å². The lowest BCUT2D eigenvalue weighted by atomic mass is 10.1. The maximum atomic E-state index is 6.03. The Morgan fingerprint density at radius 1 is 0.850 bits per heavy atom. The topological polar surface area (TPSA) is 27.7 Å². The molecule has 3 nitrogen and oxygen atoms in total. The number of ether oxygens (including phenoxy) is 3. The van der Waals surface area contributed by atoms with Gasteiger partial charge >= 0.3 is 0 Å². The molecule has 3 heteroatoms. The molecule has 0 radical (unpaired) electrons. The molecule has 0 aromatic heterocycles. The standard InChI is InChI=1S/C17H26O3/c1-16(2,3)19-13-8-7-9-14(20-17(4,5)6)15(13)18-12-10-11-12/h7-9,12H,10-11H2,1-6H3.